The molecule has 0 amide bonds. The van der Waals surface area contributed by atoms with Gasteiger partial charge < -0.3 is 4.74 Å². The predicted molar refractivity (Wildman–Crippen MR) is 48.7 cm³/mol. The van der Waals surface area contributed by atoms with E-state index in [2.05, 4.69) is 11.6 Å². The van der Waals surface area contributed by atoms with Crippen molar-refractivity contribution < 1.29 is 9.13 Å². The molecule has 0 atom stereocenters. The van der Waals surface area contributed by atoms with Gasteiger partial charge in [0.25, 0.3) is 0 Å². The quantitative estimate of drug-likeness (QED) is 0.472. The third-order valence-corrected chi connectivity index (χ3v) is 1.49. The van der Waals surface area contributed by atoms with Crippen LogP contribution in [0.1, 0.15) is 20.3 Å². The molecular formula is C9H14FNO. The maximum Gasteiger partial charge on any atom is 0.249 e. The smallest absolute Gasteiger partial charge is 0.249 e. The first kappa shape index (κ1) is 10.9. The average molecular weight is 171 g/mol. The normalized spacial score (nSPS) is 13.8. The van der Waals surface area contributed by atoms with E-state index < -0.39 is 5.83 Å². The van der Waals surface area contributed by atoms with Gasteiger partial charge in [0.05, 0.1) is 7.11 Å². The first-order valence-corrected chi connectivity index (χ1v) is 3.75. The predicted octanol–water partition coefficient (Wildman–Crippen LogP) is 2.83. The molecule has 0 rings (SSSR count). The highest BCUT2D eigenvalue weighted by Gasteiger charge is 2.08. The lowest BCUT2D eigenvalue weighted by Crippen LogP contribution is -2.03. The largest absolute Gasteiger partial charge is 0.479 e. The van der Waals surface area contributed by atoms with Crippen molar-refractivity contribution in [3.63, 3.8) is 0 Å². The van der Waals surface area contributed by atoms with Gasteiger partial charge in [-0.15, -0.1) is 0 Å². The third-order valence-electron chi connectivity index (χ3n) is 1.49. The van der Waals surface area contributed by atoms with Crippen LogP contribution in [0, 0.1) is 0 Å². The van der Waals surface area contributed by atoms with Crippen molar-refractivity contribution in [2.75, 3.05) is 7.11 Å². The van der Waals surface area contributed by atoms with Crippen LogP contribution in [-0.2, 0) is 4.74 Å². The molecule has 0 spiro atoms. The van der Waals surface area contributed by atoms with Crippen LogP contribution in [0.5, 0.6) is 0 Å². The molecule has 3 heteroatoms. The van der Waals surface area contributed by atoms with Gasteiger partial charge in [0.1, 0.15) is 0 Å². The summed E-state index contributed by atoms with van der Waals surface area (Å²) in [6.07, 6.45) is 1.90. The van der Waals surface area contributed by atoms with Crippen LogP contribution in [-0.4, -0.2) is 13.0 Å². The molecule has 0 radical (unpaired) electrons. The van der Waals surface area contributed by atoms with Gasteiger partial charge in [-0.05, 0) is 18.9 Å². The van der Waals surface area contributed by atoms with Crippen LogP contribution >= 0.6 is 0 Å². The molecule has 0 aliphatic carbocycles. The number of aliphatic imine (C=N–C) groups is 1. The van der Waals surface area contributed by atoms with E-state index in [0.29, 0.717) is 12.0 Å². The fourth-order valence-electron chi connectivity index (χ4n) is 0.620. The summed E-state index contributed by atoms with van der Waals surface area (Å²) in [7, 11) is 1.38. The van der Waals surface area contributed by atoms with Crippen molar-refractivity contribution in [2.24, 2.45) is 4.99 Å². The summed E-state index contributed by atoms with van der Waals surface area (Å²) >= 11 is 0. The van der Waals surface area contributed by atoms with Crippen molar-refractivity contribution >= 4 is 5.90 Å². The molecule has 0 aromatic heterocycles. The van der Waals surface area contributed by atoms with E-state index in [1.807, 2.05) is 6.92 Å². The molecule has 0 fully saturated rings. The molecule has 0 heterocycles. The molecule has 0 aliphatic heterocycles. The Morgan fingerprint density at radius 1 is 1.67 bits per heavy atom. The highest BCUT2D eigenvalue weighted by Crippen LogP contribution is 2.11. The molecule has 0 saturated carbocycles. The molecule has 0 bridgehead atoms. The standard InChI is InChI=1S/C9H14FNO/c1-5-7(3)8(10)9(12-4)11-6-2/h6H,2,5H2,1,3-4H3/b8-7-,11-9+. The highest BCUT2D eigenvalue weighted by molar-refractivity contribution is 5.92. The first-order valence-electron chi connectivity index (χ1n) is 3.75. The van der Waals surface area contributed by atoms with Gasteiger partial charge in [0.15, 0.2) is 5.83 Å². The summed E-state index contributed by atoms with van der Waals surface area (Å²) in [5.74, 6) is -0.413. The van der Waals surface area contributed by atoms with Gasteiger partial charge in [-0.25, -0.2) is 9.38 Å². The van der Waals surface area contributed by atoms with E-state index in [1.165, 1.54) is 13.3 Å². The molecule has 12 heavy (non-hydrogen) atoms. The number of halogens is 1. The SMILES string of the molecule is C=C/N=C(OC)\C(F)=C(/C)CC. The van der Waals surface area contributed by atoms with Crippen molar-refractivity contribution in [3.8, 4) is 0 Å². The second-order valence-electron chi connectivity index (χ2n) is 2.27. The number of allylic oxidation sites excluding steroid dienone is 1. The van der Waals surface area contributed by atoms with Crippen molar-refractivity contribution in [1.29, 1.82) is 0 Å². The fraction of sp³-hybridized carbons (Fsp3) is 0.444. The molecule has 0 unspecified atom stereocenters. The number of hydrogen-bond donors (Lipinski definition) is 0. The summed E-state index contributed by atoms with van der Waals surface area (Å²) in [5, 5.41) is 0. The van der Waals surface area contributed by atoms with Gasteiger partial charge >= 0.3 is 0 Å². The Balaban J connectivity index is 4.74. The average Bonchev–Trinajstić information content (AvgIpc) is 2.11. The lowest BCUT2D eigenvalue weighted by molar-refractivity contribution is 0.389. The van der Waals surface area contributed by atoms with E-state index in [1.54, 1.807) is 6.92 Å². The number of hydrogen-bond acceptors (Lipinski definition) is 2. The topological polar surface area (TPSA) is 21.6 Å². The van der Waals surface area contributed by atoms with Crippen molar-refractivity contribution in [3.05, 3.63) is 24.2 Å². The number of ether oxygens (including phenoxy) is 1. The molecule has 0 N–H and O–H groups in total. The van der Waals surface area contributed by atoms with Crippen LogP contribution in [0.2, 0.25) is 0 Å². The lowest BCUT2D eigenvalue weighted by atomic mass is 10.2. The van der Waals surface area contributed by atoms with Crippen LogP contribution in [0.4, 0.5) is 4.39 Å². The molecular weight excluding hydrogens is 157 g/mol. The van der Waals surface area contributed by atoms with E-state index in [9.17, 15) is 4.39 Å². The summed E-state index contributed by atoms with van der Waals surface area (Å²) < 4.78 is 17.9. The number of methoxy groups -OCH3 is 1. The van der Waals surface area contributed by atoms with Crippen molar-refractivity contribution in [1.82, 2.24) is 0 Å². The molecule has 68 valence electrons. The maximum absolute atomic E-state index is 13.2. The minimum Gasteiger partial charge on any atom is -0.479 e. The van der Waals surface area contributed by atoms with Crippen LogP contribution in [0.15, 0.2) is 29.2 Å². The van der Waals surface area contributed by atoms with Crippen LogP contribution < -0.4 is 0 Å². The summed E-state index contributed by atoms with van der Waals surface area (Å²) in [6, 6.07) is 0. The summed E-state index contributed by atoms with van der Waals surface area (Å²) in [4.78, 5) is 3.64. The number of nitrogens with zero attached hydrogens (tertiary/aromatic N) is 1. The number of rotatable bonds is 3. The van der Waals surface area contributed by atoms with E-state index in [4.69, 9.17) is 4.74 Å². The highest BCUT2D eigenvalue weighted by atomic mass is 19.1. The Morgan fingerprint density at radius 3 is 2.58 bits per heavy atom. The Labute approximate surface area is 72.5 Å². The van der Waals surface area contributed by atoms with E-state index in [-0.39, 0.29) is 5.90 Å². The second kappa shape index (κ2) is 5.52. The molecule has 0 aromatic carbocycles. The minimum atomic E-state index is -0.403. The van der Waals surface area contributed by atoms with Gasteiger partial charge in [-0.1, -0.05) is 13.5 Å². The zero-order chi connectivity index (χ0) is 9.56. The van der Waals surface area contributed by atoms with Crippen molar-refractivity contribution in [2.45, 2.75) is 20.3 Å². The zero-order valence-electron chi connectivity index (χ0n) is 7.72. The van der Waals surface area contributed by atoms with Gasteiger partial charge in [0.2, 0.25) is 5.90 Å². The van der Waals surface area contributed by atoms with E-state index >= 15 is 0 Å². The van der Waals surface area contributed by atoms with Crippen LogP contribution in [0.25, 0.3) is 0 Å². The summed E-state index contributed by atoms with van der Waals surface area (Å²) in [5.41, 5.74) is 0.623. The fourth-order valence-corrected chi connectivity index (χ4v) is 0.620. The zero-order valence-corrected chi connectivity index (χ0v) is 7.72. The maximum atomic E-state index is 13.2. The Hall–Kier alpha value is -1.12. The third kappa shape index (κ3) is 2.86. The second-order valence-corrected chi connectivity index (χ2v) is 2.27. The van der Waals surface area contributed by atoms with Gasteiger partial charge in [-0.2, -0.15) is 0 Å². The Morgan fingerprint density at radius 2 is 2.25 bits per heavy atom. The monoisotopic (exact) mass is 171 g/mol. The van der Waals surface area contributed by atoms with E-state index in [0.717, 1.165) is 0 Å². The minimum absolute atomic E-state index is 0.00986. The summed E-state index contributed by atoms with van der Waals surface area (Å²) in [6.45, 7) is 6.93. The van der Waals surface area contributed by atoms with Crippen LogP contribution in [0.3, 0.4) is 0 Å². The molecule has 0 aliphatic rings. The Kier molecular flexibility index (Phi) is 5.00. The Bertz CT molecular complexity index is 219. The first-order chi connectivity index (χ1) is 5.67. The van der Waals surface area contributed by atoms with Gasteiger partial charge in [-0.3, -0.25) is 0 Å². The lowest BCUT2D eigenvalue weighted by Gasteiger charge is -2.03. The molecule has 0 aromatic rings. The van der Waals surface area contributed by atoms with Gasteiger partial charge in [0, 0.05) is 6.20 Å². The molecule has 2 nitrogen and oxygen atoms in total. The molecule has 0 saturated heterocycles.